The smallest absolute Gasteiger partial charge is 0.481 e. The van der Waals surface area contributed by atoms with Gasteiger partial charge in [-0.15, -0.1) is 0 Å². The zero-order valence-corrected chi connectivity index (χ0v) is 32.0. The molecule has 1 aliphatic rings. The molecule has 1 fully saturated rings. The van der Waals surface area contributed by atoms with Crippen molar-refractivity contribution in [1.29, 1.82) is 5.26 Å². The number of nitrogen functional groups attached to an aromatic ring is 1. The number of nitriles is 1. The van der Waals surface area contributed by atoms with Crippen molar-refractivity contribution >= 4 is 59.3 Å². The predicted octanol–water partition coefficient (Wildman–Crippen LogP) is 4.84. The number of carbonyl (C=O) groups is 4. The number of anilines is 1. The second-order valence-corrected chi connectivity index (χ2v) is 15.7. The molecule has 0 amide bonds. The molecular formula is C30H41BrN5O15P. The normalized spacial score (nSPS) is 20.8. The Kier molecular flexibility index (Phi) is 13.3. The number of aliphatic carboxylic acids is 2. The van der Waals surface area contributed by atoms with Gasteiger partial charge >= 0.3 is 32.1 Å². The lowest BCUT2D eigenvalue weighted by Crippen LogP contribution is -2.52. The molecule has 0 aliphatic carbocycles. The van der Waals surface area contributed by atoms with Crippen molar-refractivity contribution in [2.24, 2.45) is 22.7 Å². The van der Waals surface area contributed by atoms with Gasteiger partial charge in [-0.1, -0.05) is 0 Å². The van der Waals surface area contributed by atoms with Gasteiger partial charge in [-0.25, -0.2) is 32.7 Å². The molecule has 3 rings (SSSR count). The van der Waals surface area contributed by atoms with Gasteiger partial charge in [0, 0.05) is 16.3 Å². The fraction of sp³-hybridized carbons (Fsp3) is 0.633. The van der Waals surface area contributed by atoms with Gasteiger partial charge in [-0.05, 0) is 77.4 Å². The summed E-state index contributed by atoms with van der Waals surface area (Å²) in [5.74, 6) is -5.72. The molecule has 288 valence electrons. The van der Waals surface area contributed by atoms with Crippen LogP contribution in [0.3, 0.4) is 0 Å². The monoisotopic (exact) mass is 821 g/mol. The van der Waals surface area contributed by atoms with E-state index < -0.39 is 98.8 Å². The van der Waals surface area contributed by atoms with Crippen LogP contribution >= 0.6 is 23.8 Å². The van der Waals surface area contributed by atoms with Crippen molar-refractivity contribution < 1.29 is 71.2 Å². The van der Waals surface area contributed by atoms with Gasteiger partial charge in [0.25, 0.3) is 0 Å². The number of phosphoric ester groups is 1. The summed E-state index contributed by atoms with van der Waals surface area (Å²) in [6, 6.07) is 3.55. The number of phosphoric acid groups is 1. The molecule has 0 radical (unpaired) electrons. The van der Waals surface area contributed by atoms with Crippen molar-refractivity contribution in [3.8, 4) is 6.07 Å². The lowest BCUT2D eigenvalue weighted by atomic mass is 9.57. The number of carboxylic acid groups (broad SMARTS) is 2. The van der Waals surface area contributed by atoms with Gasteiger partial charge in [0.2, 0.25) is 19.2 Å². The molecular weight excluding hydrogens is 781 g/mol. The highest BCUT2D eigenvalue weighted by Crippen LogP contribution is 2.61. The Morgan fingerprint density at radius 3 is 2.00 bits per heavy atom. The van der Waals surface area contributed by atoms with E-state index in [4.69, 9.17) is 43.0 Å². The Hall–Kier alpha value is -4.06. The molecule has 1 saturated heterocycles. The van der Waals surface area contributed by atoms with Gasteiger partial charge < -0.3 is 39.6 Å². The van der Waals surface area contributed by atoms with E-state index in [1.54, 1.807) is 27.7 Å². The molecule has 2 aromatic rings. The second kappa shape index (κ2) is 16.3. The highest BCUT2D eigenvalue weighted by molar-refractivity contribution is 9.10. The molecule has 1 aliphatic heterocycles. The number of fused-ring (bicyclic) bond motifs is 1. The van der Waals surface area contributed by atoms with Crippen LogP contribution < -0.4 is 5.73 Å². The summed E-state index contributed by atoms with van der Waals surface area (Å²) in [5.41, 5.74) is 0.155. The summed E-state index contributed by atoms with van der Waals surface area (Å²) in [7, 11) is -4.94. The fourth-order valence-electron chi connectivity index (χ4n) is 5.78. The lowest BCUT2D eigenvalue weighted by molar-refractivity contribution is -0.161. The minimum Gasteiger partial charge on any atom is -0.481 e. The topological polar surface area (TPSA) is 280 Å². The van der Waals surface area contributed by atoms with E-state index in [0.29, 0.717) is 0 Å². The molecule has 4 atom stereocenters. The highest BCUT2D eigenvalue weighted by atomic mass is 79.9. The van der Waals surface area contributed by atoms with E-state index in [2.05, 4.69) is 32.1 Å². The van der Waals surface area contributed by atoms with Crippen molar-refractivity contribution in [1.82, 2.24) is 14.6 Å². The van der Waals surface area contributed by atoms with Gasteiger partial charge in [-0.3, -0.25) is 14.1 Å². The van der Waals surface area contributed by atoms with Crippen molar-refractivity contribution in [2.75, 3.05) is 25.9 Å². The molecule has 4 N–H and O–H groups in total. The van der Waals surface area contributed by atoms with E-state index >= 15 is 0 Å². The summed E-state index contributed by atoms with van der Waals surface area (Å²) in [4.78, 5) is 53.6. The van der Waals surface area contributed by atoms with Crippen molar-refractivity contribution in [3.05, 3.63) is 22.6 Å². The third-order valence-corrected chi connectivity index (χ3v) is 10.1. The first kappa shape index (κ1) is 42.4. The molecule has 20 nitrogen and oxygen atoms in total. The predicted molar refractivity (Wildman–Crippen MR) is 178 cm³/mol. The van der Waals surface area contributed by atoms with Crippen LogP contribution in [0.5, 0.6) is 0 Å². The number of nitrogens with zero attached hydrogens (tertiary/aromatic N) is 4. The average Bonchev–Trinajstić information content (AvgIpc) is 3.55. The number of hydrogen-bond donors (Lipinski definition) is 3. The van der Waals surface area contributed by atoms with E-state index in [9.17, 15) is 39.2 Å². The average molecular weight is 823 g/mol. The lowest BCUT2D eigenvalue weighted by Gasteiger charge is -2.42. The number of hydrogen-bond acceptors (Lipinski definition) is 17. The third kappa shape index (κ3) is 8.93. The number of carboxylic acids is 2. The number of nitrogens with two attached hydrogens (primary N) is 1. The Morgan fingerprint density at radius 2 is 1.54 bits per heavy atom. The summed E-state index contributed by atoms with van der Waals surface area (Å²) in [5, 5.41) is 36.2. The SMILES string of the molecule is CC(C)OC(=O)OCOP(=O)(OCOC(=O)OC(C)C)OC[C@@H]1O[C@@](C#N)(c2c(Br)cc3c(N)ncnn23)[C@@H](C(C)(C)C(=O)O)[C@@H]1C(C)(C)C(=O)O. The minimum atomic E-state index is -4.94. The molecule has 22 heteroatoms. The van der Waals surface area contributed by atoms with Crippen molar-refractivity contribution in [2.45, 2.75) is 79.3 Å². The zero-order valence-electron chi connectivity index (χ0n) is 29.6. The molecule has 52 heavy (non-hydrogen) atoms. The van der Waals surface area contributed by atoms with Gasteiger partial charge in [0.15, 0.2) is 5.82 Å². The number of aromatic nitrogens is 3. The Balaban J connectivity index is 2.15. The first-order chi connectivity index (χ1) is 24.0. The summed E-state index contributed by atoms with van der Waals surface area (Å²) in [6.45, 7) is 8.38. The van der Waals surface area contributed by atoms with Crippen LogP contribution in [0.25, 0.3) is 5.52 Å². The van der Waals surface area contributed by atoms with Gasteiger partial charge in [-0.2, -0.15) is 10.4 Å². The summed E-state index contributed by atoms with van der Waals surface area (Å²) in [6.07, 6.45) is -4.01. The first-order valence-electron chi connectivity index (χ1n) is 15.6. The fourth-order valence-corrected chi connectivity index (χ4v) is 7.37. The number of carbonyl (C=O) groups excluding carboxylic acids is 2. The van der Waals surface area contributed by atoms with Crippen molar-refractivity contribution in [3.63, 3.8) is 0 Å². The maximum atomic E-state index is 13.9. The number of halogens is 1. The highest BCUT2D eigenvalue weighted by Gasteiger charge is 2.69. The first-order valence-corrected chi connectivity index (χ1v) is 17.8. The standard InChI is InChI=1S/C30H41BrN5O15P/c1-15(2)49-26(41)44-13-47-52(43,48-14-45-27(42)50-16(3)4)46-10-19-20(28(5,6)24(37)38)21(29(7,8)25(39)40)30(11-32,51-19)22-17(31)9-18-23(33)34-12-35-36(18)22/h9,12,15-16,19-21H,10,13-14H2,1-8H3,(H,37,38)(H,39,40)(H2,33,34,35)/t19-,20+,21+,30+/m0/s1. The van der Waals surface area contributed by atoms with E-state index in [1.807, 2.05) is 0 Å². The summed E-state index contributed by atoms with van der Waals surface area (Å²) >= 11 is 3.40. The van der Waals surface area contributed by atoms with Gasteiger partial charge in [0.1, 0.15) is 23.6 Å². The Morgan fingerprint density at radius 1 is 1.02 bits per heavy atom. The minimum absolute atomic E-state index is 0.00129. The van der Waals surface area contributed by atoms with Crippen LogP contribution in [0, 0.1) is 34.0 Å². The third-order valence-electron chi connectivity index (χ3n) is 8.16. The molecule has 0 aromatic carbocycles. The van der Waals surface area contributed by atoms with Crippen LogP contribution in [0.1, 0.15) is 61.1 Å². The van der Waals surface area contributed by atoms with Crippen LogP contribution in [-0.4, -0.2) is 87.6 Å². The molecule has 2 aromatic heterocycles. The van der Waals surface area contributed by atoms with Gasteiger partial charge in [0.05, 0.1) is 35.7 Å². The quantitative estimate of drug-likeness (QED) is 0.116. The number of ether oxygens (including phenoxy) is 5. The van der Waals surface area contributed by atoms with E-state index in [-0.39, 0.29) is 21.5 Å². The Bertz CT molecular complexity index is 1730. The summed E-state index contributed by atoms with van der Waals surface area (Å²) < 4.78 is 56.7. The molecule has 0 spiro atoms. The molecule has 0 bridgehead atoms. The van der Waals surface area contributed by atoms with Crippen LogP contribution in [-0.2, 0) is 57.0 Å². The maximum Gasteiger partial charge on any atom is 0.510 e. The zero-order chi connectivity index (χ0) is 39.4. The largest absolute Gasteiger partial charge is 0.510 e. The maximum absolute atomic E-state index is 13.9. The van der Waals surface area contributed by atoms with E-state index in [1.165, 1.54) is 38.3 Å². The molecule has 0 unspecified atom stereocenters. The molecule has 3 heterocycles. The van der Waals surface area contributed by atoms with Crippen LogP contribution in [0.15, 0.2) is 16.9 Å². The van der Waals surface area contributed by atoms with E-state index in [0.717, 1.165) is 6.33 Å². The van der Waals surface area contributed by atoms with Crippen LogP contribution in [0.4, 0.5) is 15.4 Å². The van der Waals surface area contributed by atoms with Crippen LogP contribution in [0.2, 0.25) is 0 Å². The Labute approximate surface area is 306 Å². The number of rotatable bonds is 16. The molecule has 0 saturated carbocycles. The second-order valence-electron chi connectivity index (χ2n) is 13.2.